The molecule has 154 valence electrons. The summed E-state index contributed by atoms with van der Waals surface area (Å²) in [7, 11) is 0. The third kappa shape index (κ3) is 5.32. The highest BCUT2D eigenvalue weighted by Crippen LogP contribution is 2.19. The zero-order valence-corrected chi connectivity index (χ0v) is 16.8. The minimum atomic E-state index is -0.434. The second kappa shape index (κ2) is 9.52. The molecule has 1 saturated heterocycles. The molecule has 1 aliphatic rings. The Morgan fingerprint density at radius 2 is 1.83 bits per heavy atom. The molecule has 0 spiro atoms. The summed E-state index contributed by atoms with van der Waals surface area (Å²) in [5.74, 6) is -1.10. The zero-order valence-electron chi connectivity index (χ0n) is 16.8. The topological polar surface area (TPSA) is 61.9 Å². The molecule has 0 saturated carbocycles. The van der Waals surface area contributed by atoms with Crippen molar-refractivity contribution < 1.29 is 18.7 Å². The molecule has 7 heteroatoms. The number of likely N-dealkylation sites (N-methyl/N-ethyl adjacent to an activating group) is 1. The minimum Gasteiger partial charge on any atom is -0.378 e. The van der Waals surface area contributed by atoms with E-state index in [1.165, 1.54) is 11.0 Å². The van der Waals surface area contributed by atoms with Crippen LogP contribution in [0, 0.1) is 12.7 Å². The molecule has 0 aromatic heterocycles. The van der Waals surface area contributed by atoms with Gasteiger partial charge in [0.2, 0.25) is 5.91 Å². The Morgan fingerprint density at radius 1 is 1.14 bits per heavy atom. The molecule has 2 aromatic carbocycles. The van der Waals surface area contributed by atoms with Crippen molar-refractivity contribution in [1.82, 2.24) is 4.90 Å². The van der Waals surface area contributed by atoms with E-state index >= 15 is 0 Å². The molecular weight excluding hydrogens is 373 g/mol. The summed E-state index contributed by atoms with van der Waals surface area (Å²) in [5, 5.41) is 2.81. The molecule has 2 amide bonds. The van der Waals surface area contributed by atoms with Crippen LogP contribution in [0.5, 0.6) is 0 Å². The Kier molecular flexibility index (Phi) is 6.82. The van der Waals surface area contributed by atoms with E-state index in [4.69, 9.17) is 4.74 Å². The first-order valence-electron chi connectivity index (χ1n) is 9.76. The standard InChI is InChI=1S/C22H26FN3O3/c1-3-25(22(28)17-5-4-16(2)20(23)14-17)15-21(27)24-18-6-8-19(9-7-18)26-10-12-29-13-11-26/h4-9,14H,3,10-13,15H2,1-2H3,(H,24,27). The lowest BCUT2D eigenvalue weighted by molar-refractivity contribution is -0.116. The molecule has 29 heavy (non-hydrogen) atoms. The van der Waals surface area contributed by atoms with E-state index in [0.29, 0.717) is 31.0 Å². The van der Waals surface area contributed by atoms with E-state index in [0.717, 1.165) is 18.8 Å². The van der Waals surface area contributed by atoms with E-state index < -0.39 is 5.82 Å². The van der Waals surface area contributed by atoms with E-state index in [1.807, 2.05) is 24.3 Å². The lowest BCUT2D eigenvalue weighted by atomic mass is 10.1. The van der Waals surface area contributed by atoms with Gasteiger partial charge in [-0.2, -0.15) is 0 Å². The molecule has 0 unspecified atom stereocenters. The van der Waals surface area contributed by atoms with Gasteiger partial charge in [0.05, 0.1) is 13.2 Å². The Bertz CT molecular complexity index is 864. The summed E-state index contributed by atoms with van der Waals surface area (Å²) in [5.41, 5.74) is 2.45. The van der Waals surface area contributed by atoms with E-state index in [-0.39, 0.29) is 23.9 Å². The number of hydrogen-bond acceptors (Lipinski definition) is 4. The Labute approximate surface area is 170 Å². The third-order valence-electron chi connectivity index (χ3n) is 4.95. The molecule has 2 aromatic rings. The zero-order chi connectivity index (χ0) is 20.8. The van der Waals surface area contributed by atoms with Crippen molar-refractivity contribution in [2.45, 2.75) is 13.8 Å². The summed E-state index contributed by atoms with van der Waals surface area (Å²) in [4.78, 5) is 28.6. The number of aryl methyl sites for hydroxylation is 1. The van der Waals surface area contributed by atoms with Crippen LogP contribution in [0.25, 0.3) is 0 Å². The predicted molar refractivity (Wildman–Crippen MR) is 111 cm³/mol. The number of nitrogens with one attached hydrogen (secondary N) is 1. The maximum atomic E-state index is 13.8. The van der Waals surface area contributed by atoms with Crippen molar-refractivity contribution in [2.24, 2.45) is 0 Å². The quantitative estimate of drug-likeness (QED) is 0.811. The monoisotopic (exact) mass is 399 g/mol. The van der Waals surface area contributed by atoms with Crippen LogP contribution in [0.4, 0.5) is 15.8 Å². The molecule has 3 rings (SSSR count). The molecule has 1 N–H and O–H groups in total. The van der Waals surface area contributed by atoms with E-state index in [1.54, 1.807) is 26.0 Å². The van der Waals surface area contributed by atoms with Gasteiger partial charge in [-0.05, 0) is 55.8 Å². The predicted octanol–water partition coefficient (Wildman–Crippen LogP) is 3.07. The number of morpholine rings is 1. The fourth-order valence-electron chi connectivity index (χ4n) is 3.19. The van der Waals surface area contributed by atoms with Crippen LogP contribution in [-0.2, 0) is 9.53 Å². The molecular formula is C22H26FN3O3. The molecule has 1 heterocycles. The normalized spacial score (nSPS) is 13.8. The fraction of sp³-hybridized carbons (Fsp3) is 0.364. The van der Waals surface area contributed by atoms with Gasteiger partial charge in [0.25, 0.3) is 5.91 Å². The lowest BCUT2D eigenvalue weighted by Gasteiger charge is -2.29. The van der Waals surface area contributed by atoms with Crippen molar-refractivity contribution in [3.8, 4) is 0 Å². The van der Waals surface area contributed by atoms with Gasteiger partial charge in [-0.15, -0.1) is 0 Å². The van der Waals surface area contributed by atoms with Gasteiger partial charge >= 0.3 is 0 Å². The number of halogens is 1. The van der Waals surface area contributed by atoms with Crippen molar-refractivity contribution in [1.29, 1.82) is 0 Å². The average Bonchev–Trinajstić information content (AvgIpc) is 2.74. The molecule has 1 fully saturated rings. The SMILES string of the molecule is CCN(CC(=O)Nc1ccc(N2CCOCC2)cc1)C(=O)c1ccc(C)c(F)c1. The molecule has 0 radical (unpaired) electrons. The van der Waals surface area contributed by atoms with Crippen LogP contribution in [0.3, 0.4) is 0 Å². The van der Waals surface area contributed by atoms with E-state index in [2.05, 4.69) is 10.2 Å². The number of hydrogen-bond donors (Lipinski definition) is 1. The summed E-state index contributed by atoms with van der Waals surface area (Å²) >= 11 is 0. The highest BCUT2D eigenvalue weighted by molar-refractivity contribution is 5.99. The fourth-order valence-corrected chi connectivity index (χ4v) is 3.19. The number of ether oxygens (including phenoxy) is 1. The van der Waals surface area contributed by atoms with Crippen molar-refractivity contribution in [2.75, 3.05) is 49.6 Å². The van der Waals surface area contributed by atoms with Gasteiger partial charge in [-0.3, -0.25) is 9.59 Å². The van der Waals surface area contributed by atoms with Crippen LogP contribution in [0.15, 0.2) is 42.5 Å². The maximum absolute atomic E-state index is 13.8. The van der Waals surface area contributed by atoms with Gasteiger partial charge < -0.3 is 19.9 Å². The maximum Gasteiger partial charge on any atom is 0.254 e. The second-order valence-electron chi connectivity index (χ2n) is 6.98. The largest absolute Gasteiger partial charge is 0.378 e. The first-order valence-corrected chi connectivity index (χ1v) is 9.76. The van der Waals surface area contributed by atoms with Crippen molar-refractivity contribution >= 4 is 23.2 Å². The first-order chi connectivity index (χ1) is 14.0. The summed E-state index contributed by atoms with van der Waals surface area (Å²) in [6.45, 7) is 6.78. The molecule has 0 aliphatic carbocycles. The number of carbonyl (C=O) groups is 2. The molecule has 1 aliphatic heterocycles. The number of rotatable bonds is 6. The lowest BCUT2D eigenvalue weighted by Crippen LogP contribution is -2.38. The Balaban J connectivity index is 1.59. The van der Waals surface area contributed by atoms with Gasteiger partial charge in [-0.1, -0.05) is 6.07 Å². The van der Waals surface area contributed by atoms with Crippen LogP contribution in [0.2, 0.25) is 0 Å². The van der Waals surface area contributed by atoms with Gasteiger partial charge in [0.1, 0.15) is 12.4 Å². The minimum absolute atomic E-state index is 0.101. The van der Waals surface area contributed by atoms with E-state index in [9.17, 15) is 14.0 Å². The Hall–Kier alpha value is -2.93. The molecule has 0 atom stereocenters. The number of nitrogens with zero attached hydrogens (tertiary/aromatic N) is 2. The third-order valence-corrected chi connectivity index (χ3v) is 4.95. The van der Waals surface area contributed by atoms with Crippen molar-refractivity contribution in [3.63, 3.8) is 0 Å². The number of amides is 2. The highest BCUT2D eigenvalue weighted by atomic mass is 19.1. The smallest absolute Gasteiger partial charge is 0.254 e. The Morgan fingerprint density at radius 3 is 2.45 bits per heavy atom. The summed E-state index contributed by atoms with van der Waals surface area (Å²) in [6, 6.07) is 11.9. The average molecular weight is 399 g/mol. The summed E-state index contributed by atoms with van der Waals surface area (Å²) < 4.78 is 19.1. The van der Waals surface area contributed by atoms with Gasteiger partial charge in [0, 0.05) is 36.6 Å². The molecule has 0 bridgehead atoms. The van der Waals surface area contributed by atoms with Crippen LogP contribution < -0.4 is 10.2 Å². The number of carbonyl (C=O) groups excluding carboxylic acids is 2. The molecule has 6 nitrogen and oxygen atoms in total. The van der Waals surface area contributed by atoms with Crippen LogP contribution in [0.1, 0.15) is 22.8 Å². The highest BCUT2D eigenvalue weighted by Gasteiger charge is 2.18. The van der Waals surface area contributed by atoms with Gasteiger partial charge in [-0.25, -0.2) is 4.39 Å². The first kappa shape index (κ1) is 20.8. The second-order valence-corrected chi connectivity index (χ2v) is 6.98. The van der Waals surface area contributed by atoms with Crippen LogP contribution >= 0.6 is 0 Å². The number of anilines is 2. The van der Waals surface area contributed by atoms with Crippen molar-refractivity contribution in [3.05, 3.63) is 59.4 Å². The number of benzene rings is 2. The van der Waals surface area contributed by atoms with Crippen LogP contribution in [-0.4, -0.2) is 56.1 Å². The van der Waals surface area contributed by atoms with Gasteiger partial charge in [0.15, 0.2) is 0 Å². The summed E-state index contributed by atoms with van der Waals surface area (Å²) in [6.07, 6.45) is 0.